The van der Waals surface area contributed by atoms with Crippen LogP contribution in [0.2, 0.25) is 0 Å². The standard InChI is InChI=1S/C21H23N3O3/c1-12-9-17(13(2)24(12)15-7-8-15)20(25)23-19(21(26)27)10-14-11-22-18-6-4-3-5-16(14)18/h3-6,9,11,15,19,22H,7-8,10H2,1-2H3,(H,23,25)(H,26,27)/t19-/m1/s1. The van der Waals surface area contributed by atoms with Crippen molar-refractivity contribution in [2.45, 2.75) is 45.2 Å². The molecule has 0 aliphatic heterocycles. The molecule has 0 unspecified atom stereocenters. The number of fused-ring (bicyclic) bond motifs is 1. The van der Waals surface area contributed by atoms with Crippen LogP contribution in [0.25, 0.3) is 10.9 Å². The Bertz CT molecular complexity index is 1030. The first-order valence-electron chi connectivity index (χ1n) is 9.22. The fraction of sp³-hybridized carbons (Fsp3) is 0.333. The molecule has 6 heteroatoms. The number of carbonyl (C=O) groups excluding carboxylic acids is 1. The van der Waals surface area contributed by atoms with Gasteiger partial charge in [0.2, 0.25) is 0 Å². The molecule has 1 amide bonds. The van der Waals surface area contributed by atoms with E-state index in [1.54, 1.807) is 0 Å². The average Bonchev–Trinajstić information content (AvgIpc) is 3.31. The first-order valence-corrected chi connectivity index (χ1v) is 9.22. The first kappa shape index (κ1) is 17.4. The van der Waals surface area contributed by atoms with Crippen molar-refractivity contribution in [2.75, 3.05) is 0 Å². The van der Waals surface area contributed by atoms with Crippen molar-refractivity contribution < 1.29 is 14.7 Å². The highest BCUT2D eigenvalue weighted by Crippen LogP contribution is 2.38. The highest BCUT2D eigenvalue weighted by atomic mass is 16.4. The van der Waals surface area contributed by atoms with Crippen LogP contribution in [-0.4, -0.2) is 32.6 Å². The molecule has 0 radical (unpaired) electrons. The Morgan fingerprint density at radius 1 is 1.30 bits per heavy atom. The summed E-state index contributed by atoms with van der Waals surface area (Å²) in [4.78, 5) is 27.7. The Hall–Kier alpha value is -3.02. The molecule has 1 aliphatic carbocycles. The third-order valence-electron chi connectivity index (χ3n) is 5.34. The van der Waals surface area contributed by atoms with Crippen LogP contribution in [-0.2, 0) is 11.2 Å². The Morgan fingerprint density at radius 2 is 2.04 bits per heavy atom. The number of carboxylic acid groups (broad SMARTS) is 1. The molecule has 27 heavy (non-hydrogen) atoms. The molecule has 1 saturated carbocycles. The number of para-hydroxylation sites is 1. The molecule has 140 valence electrons. The maximum atomic E-state index is 12.8. The first-order chi connectivity index (χ1) is 13.0. The minimum absolute atomic E-state index is 0.229. The molecule has 2 heterocycles. The van der Waals surface area contributed by atoms with Gasteiger partial charge in [-0.1, -0.05) is 18.2 Å². The second-order valence-electron chi connectivity index (χ2n) is 7.31. The number of hydrogen-bond acceptors (Lipinski definition) is 2. The van der Waals surface area contributed by atoms with Gasteiger partial charge in [-0.2, -0.15) is 0 Å². The summed E-state index contributed by atoms with van der Waals surface area (Å²) in [7, 11) is 0. The van der Waals surface area contributed by atoms with Crippen LogP contribution in [0.4, 0.5) is 0 Å². The average molecular weight is 365 g/mol. The number of H-pyrrole nitrogens is 1. The van der Waals surface area contributed by atoms with Crippen LogP contribution in [0, 0.1) is 13.8 Å². The van der Waals surface area contributed by atoms with Crippen LogP contribution < -0.4 is 5.32 Å². The molecule has 0 spiro atoms. The molecular formula is C21H23N3O3. The molecule has 1 aromatic carbocycles. The summed E-state index contributed by atoms with van der Waals surface area (Å²) in [6.07, 6.45) is 4.31. The number of carbonyl (C=O) groups is 2. The lowest BCUT2D eigenvalue weighted by atomic mass is 10.0. The monoisotopic (exact) mass is 365 g/mol. The smallest absolute Gasteiger partial charge is 0.326 e. The van der Waals surface area contributed by atoms with Crippen molar-refractivity contribution in [3.05, 3.63) is 59.0 Å². The third kappa shape index (κ3) is 3.23. The zero-order valence-corrected chi connectivity index (χ0v) is 15.5. The van der Waals surface area contributed by atoms with Gasteiger partial charge in [0.1, 0.15) is 6.04 Å². The molecule has 3 N–H and O–H groups in total. The van der Waals surface area contributed by atoms with Crippen LogP contribution in [0.15, 0.2) is 36.5 Å². The molecule has 2 aromatic heterocycles. The van der Waals surface area contributed by atoms with Gasteiger partial charge in [-0.15, -0.1) is 0 Å². The topological polar surface area (TPSA) is 87.1 Å². The lowest BCUT2D eigenvalue weighted by Crippen LogP contribution is -2.42. The number of aromatic amines is 1. The fourth-order valence-electron chi connectivity index (χ4n) is 3.86. The Labute approximate surface area is 157 Å². The van der Waals surface area contributed by atoms with E-state index >= 15 is 0 Å². The predicted molar refractivity (Wildman–Crippen MR) is 103 cm³/mol. The van der Waals surface area contributed by atoms with Gasteiger partial charge in [-0.25, -0.2) is 4.79 Å². The van der Waals surface area contributed by atoms with Crippen LogP contribution in [0.3, 0.4) is 0 Å². The summed E-state index contributed by atoms with van der Waals surface area (Å²) in [5, 5.41) is 13.3. The maximum absolute atomic E-state index is 12.8. The van der Waals surface area contributed by atoms with Crippen LogP contribution in [0.1, 0.15) is 46.2 Å². The van der Waals surface area contributed by atoms with Crippen LogP contribution in [0.5, 0.6) is 0 Å². The highest BCUT2D eigenvalue weighted by molar-refractivity contribution is 5.98. The quantitative estimate of drug-likeness (QED) is 0.626. The second-order valence-corrected chi connectivity index (χ2v) is 7.31. The van der Waals surface area contributed by atoms with E-state index in [0.29, 0.717) is 11.6 Å². The molecule has 1 aliphatic rings. The van der Waals surface area contributed by atoms with Crippen molar-refractivity contribution in [2.24, 2.45) is 0 Å². The number of nitrogens with one attached hydrogen (secondary N) is 2. The number of carboxylic acids is 1. The molecule has 0 saturated heterocycles. The zero-order valence-electron chi connectivity index (χ0n) is 15.5. The zero-order chi connectivity index (χ0) is 19.1. The minimum atomic E-state index is -1.04. The number of rotatable bonds is 6. The second kappa shape index (κ2) is 6.61. The van der Waals surface area contributed by atoms with Crippen LogP contribution >= 0.6 is 0 Å². The van der Waals surface area contributed by atoms with Crippen molar-refractivity contribution in [1.29, 1.82) is 0 Å². The summed E-state index contributed by atoms with van der Waals surface area (Å²) < 4.78 is 2.18. The van der Waals surface area contributed by atoms with Gasteiger partial charge in [-0.3, -0.25) is 4.79 Å². The lowest BCUT2D eigenvalue weighted by molar-refractivity contribution is -0.139. The van der Waals surface area contributed by atoms with E-state index < -0.39 is 12.0 Å². The van der Waals surface area contributed by atoms with E-state index in [2.05, 4.69) is 14.9 Å². The summed E-state index contributed by atoms with van der Waals surface area (Å²) in [6.45, 7) is 3.92. The van der Waals surface area contributed by atoms with Gasteiger partial charge in [-0.05, 0) is 44.4 Å². The van der Waals surface area contributed by atoms with Gasteiger partial charge >= 0.3 is 5.97 Å². The lowest BCUT2D eigenvalue weighted by Gasteiger charge is -2.14. The predicted octanol–water partition coefficient (Wildman–Crippen LogP) is 3.35. The van der Waals surface area contributed by atoms with Crippen molar-refractivity contribution in [3.8, 4) is 0 Å². The Kier molecular flexibility index (Phi) is 4.26. The van der Waals surface area contributed by atoms with Crippen molar-refractivity contribution in [1.82, 2.24) is 14.9 Å². The molecule has 1 atom stereocenters. The van der Waals surface area contributed by atoms with E-state index in [9.17, 15) is 14.7 Å². The van der Waals surface area contributed by atoms with Crippen molar-refractivity contribution in [3.63, 3.8) is 0 Å². The van der Waals surface area contributed by atoms with Gasteiger partial charge in [0, 0.05) is 41.0 Å². The van der Waals surface area contributed by atoms with Gasteiger partial charge < -0.3 is 20.0 Å². The van der Waals surface area contributed by atoms with E-state index in [1.165, 1.54) is 0 Å². The van der Waals surface area contributed by atoms with E-state index in [4.69, 9.17) is 0 Å². The number of hydrogen-bond donors (Lipinski definition) is 3. The van der Waals surface area contributed by atoms with Crippen molar-refractivity contribution >= 4 is 22.8 Å². The Morgan fingerprint density at radius 3 is 2.74 bits per heavy atom. The maximum Gasteiger partial charge on any atom is 0.326 e. The number of amides is 1. The molecule has 4 rings (SSSR count). The molecular weight excluding hydrogens is 342 g/mol. The summed E-state index contributed by atoms with van der Waals surface area (Å²) in [5.74, 6) is -1.37. The van der Waals surface area contributed by atoms with E-state index in [0.717, 1.165) is 40.7 Å². The van der Waals surface area contributed by atoms with Gasteiger partial charge in [0.15, 0.2) is 0 Å². The Balaban J connectivity index is 1.56. The number of benzene rings is 1. The third-order valence-corrected chi connectivity index (χ3v) is 5.34. The number of aliphatic carboxylic acids is 1. The number of aryl methyl sites for hydroxylation is 1. The van der Waals surface area contributed by atoms with E-state index in [1.807, 2.05) is 50.4 Å². The molecule has 0 bridgehead atoms. The SMILES string of the molecule is Cc1cc(C(=O)N[C@H](Cc2c[nH]c3ccccc23)C(=O)O)c(C)n1C1CC1. The molecule has 6 nitrogen and oxygen atoms in total. The van der Waals surface area contributed by atoms with Gasteiger partial charge in [0.05, 0.1) is 5.56 Å². The molecule has 3 aromatic rings. The highest BCUT2D eigenvalue weighted by Gasteiger charge is 2.29. The summed E-state index contributed by atoms with van der Waals surface area (Å²) in [5.41, 5.74) is 4.34. The normalized spacial score (nSPS) is 15.0. The van der Waals surface area contributed by atoms with E-state index in [-0.39, 0.29) is 12.3 Å². The summed E-state index contributed by atoms with van der Waals surface area (Å²) in [6, 6.07) is 9.09. The molecule has 1 fully saturated rings. The largest absolute Gasteiger partial charge is 0.480 e. The summed E-state index contributed by atoms with van der Waals surface area (Å²) >= 11 is 0. The fourth-order valence-corrected chi connectivity index (χ4v) is 3.86. The minimum Gasteiger partial charge on any atom is -0.480 e. The number of aromatic nitrogens is 2. The van der Waals surface area contributed by atoms with Gasteiger partial charge in [0.25, 0.3) is 5.91 Å². The number of nitrogens with zero attached hydrogens (tertiary/aromatic N) is 1.